The summed E-state index contributed by atoms with van der Waals surface area (Å²) in [4.78, 5) is 11.6. The first-order valence-electron chi connectivity index (χ1n) is 11.6. The fourth-order valence-corrected chi connectivity index (χ4v) is 5.45. The number of aryl methyl sites for hydroxylation is 1. The van der Waals surface area contributed by atoms with Crippen molar-refractivity contribution in [3.63, 3.8) is 0 Å². The number of sulfone groups is 1. The molecule has 1 aromatic heterocycles. The van der Waals surface area contributed by atoms with Gasteiger partial charge in [-0.25, -0.2) is 8.42 Å². The number of carboxylic acids is 1. The highest BCUT2D eigenvalue weighted by Gasteiger charge is 2.51. The Morgan fingerprint density at radius 1 is 0.944 bits per heavy atom. The van der Waals surface area contributed by atoms with E-state index in [2.05, 4.69) is 5.16 Å². The van der Waals surface area contributed by atoms with E-state index >= 15 is 0 Å². The van der Waals surface area contributed by atoms with E-state index in [-0.39, 0.29) is 5.75 Å². The summed E-state index contributed by atoms with van der Waals surface area (Å²) in [5.41, 5.74) is 4.80. The Morgan fingerprint density at radius 3 is 2.11 bits per heavy atom. The summed E-state index contributed by atoms with van der Waals surface area (Å²) in [7, 11) is -3.47. The average Bonchev–Trinajstić information content (AvgIpc) is 3.61. The predicted octanol–water partition coefficient (Wildman–Crippen LogP) is 6.02. The molecule has 1 heterocycles. The van der Waals surface area contributed by atoms with Crippen molar-refractivity contribution in [2.45, 2.75) is 30.9 Å². The molecule has 36 heavy (non-hydrogen) atoms. The molecule has 1 aliphatic carbocycles. The Balaban J connectivity index is 1.36. The third-order valence-electron chi connectivity index (χ3n) is 6.64. The van der Waals surface area contributed by atoms with Gasteiger partial charge in [0, 0.05) is 16.5 Å². The zero-order chi connectivity index (χ0) is 25.3. The number of carboxylic acid groups (broad SMARTS) is 1. The molecule has 7 heteroatoms. The first kappa shape index (κ1) is 23.8. The second-order valence-electron chi connectivity index (χ2n) is 9.15. The Hall–Kier alpha value is -3.97. The minimum absolute atomic E-state index is 0.0783. The van der Waals surface area contributed by atoms with Crippen LogP contribution in [0.25, 0.3) is 28.5 Å². The molecule has 0 aliphatic heterocycles. The van der Waals surface area contributed by atoms with Gasteiger partial charge in [-0.3, -0.25) is 4.79 Å². The van der Waals surface area contributed by atoms with E-state index in [1.165, 1.54) is 5.41 Å². The molecule has 3 aromatic carbocycles. The van der Waals surface area contributed by atoms with Crippen molar-refractivity contribution < 1.29 is 22.8 Å². The monoisotopic (exact) mass is 499 g/mol. The van der Waals surface area contributed by atoms with Crippen molar-refractivity contribution in [3.05, 3.63) is 107 Å². The summed E-state index contributed by atoms with van der Waals surface area (Å²) >= 11 is 0. The Labute approximate surface area is 209 Å². The van der Waals surface area contributed by atoms with Crippen molar-refractivity contribution in [2.75, 3.05) is 0 Å². The van der Waals surface area contributed by atoms with E-state index in [1.54, 1.807) is 25.1 Å². The normalized spacial score (nSPS) is 14.7. The molecule has 0 atom stereocenters. The van der Waals surface area contributed by atoms with Gasteiger partial charge in [-0.1, -0.05) is 84.0 Å². The fourth-order valence-electron chi connectivity index (χ4n) is 4.35. The molecule has 0 saturated heterocycles. The van der Waals surface area contributed by atoms with Crippen LogP contribution in [0.2, 0.25) is 0 Å². The average molecular weight is 500 g/mol. The fraction of sp³-hybridized carbons (Fsp3) is 0.172. The second kappa shape index (κ2) is 9.24. The van der Waals surface area contributed by atoms with Crippen LogP contribution in [0.3, 0.4) is 0 Å². The van der Waals surface area contributed by atoms with E-state index in [4.69, 9.17) is 4.52 Å². The summed E-state index contributed by atoms with van der Waals surface area (Å²) in [6, 6.07) is 24.4. The highest BCUT2D eigenvalue weighted by atomic mass is 32.2. The van der Waals surface area contributed by atoms with E-state index in [9.17, 15) is 18.3 Å². The molecule has 0 bridgehead atoms. The van der Waals surface area contributed by atoms with Gasteiger partial charge in [0.05, 0.1) is 16.9 Å². The van der Waals surface area contributed by atoms with Gasteiger partial charge in [0.1, 0.15) is 0 Å². The van der Waals surface area contributed by atoms with E-state index < -0.39 is 21.2 Å². The summed E-state index contributed by atoms with van der Waals surface area (Å²) < 4.78 is 30.8. The SMILES string of the molecule is Cc1noc(-c2ccc(-c3ccc(C4(C(=O)O)CC4)cc3)cc2)c1C=CS(=O)(=O)Cc1ccccc1. The smallest absolute Gasteiger partial charge is 0.314 e. The molecule has 0 unspecified atom stereocenters. The van der Waals surface area contributed by atoms with E-state index in [0.29, 0.717) is 29.9 Å². The highest BCUT2D eigenvalue weighted by Crippen LogP contribution is 2.48. The lowest BCUT2D eigenvalue weighted by molar-refractivity contribution is -0.140. The van der Waals surface area contributed by atoms with Crippen molar-refractivity contribution >= 4 is 21.9 Å². The maximum Gasteiger partial charge on any atom is 0.314 e. The third kappa shape index (κ3) is 4.75. The van der Waals surface area contributed by atoms with Crippen LogP contribution >= 0.6 is 0 Å². The van der Waals surface area contributed by atoms with E-state index in [1.807, 2.05) is 66.7 Å². The topological polar surface area (TPSA) is 97.5 Å². The molecule has 1 aliphatic rings. The number of nitrogens with zero attached hydrogens (tertiary/aromatic N) is 1. The standard InChI is InChI=1S/C29H25NO5S/c1-20-26(15-18-36(33,34)19-21-5-3-2-4-6-21)27(35-30-20)24-9-7-22(8-10-24)23-11-13-25(14-12-23)29(16-17-29)28(31)32/h2-15,18H,16-17,19H2,1H3,(H,31,32). The molecule has 5 rings (SSSR count). The van der Waals surface area contributed by atoms with Crippen molar-refractivity contribution in [3.8, 4) is 22.5 Å². The lowest BCUT2D eigenvalue weighted by Gasteiger charge is -2.11. The molecule has 182 valence electrons. The lowest BCUT2D eigenvalue weighted by Crippen LogP contribution is -2.19. The van der Waals surface area contributed by atoms with Gasteiger partial charge in [-0.15, -0.1) is 0 Å². The Bertz CT molecular complexity index is 1530. The zero-order valence-electron chi connectivity index (χ0n) is 19.7. The predicted molar refractivity (Wildman–Crippen MR) is 139 cm³/mol. The van der Waals surface area contributed by atoms with Crippen LogP contribution < -0.4 is 0 Å². The second-order valence-corrected chi connectivity index (χ2v) is 11.0. The maximum atomic E-state index is 12.6. The summed E-state index contributed by atoms with van der Waals surface area (Å²) in [6.45, 7) is 1.77. The number of carbonyl (C=O) groups is 1. The minimum atomic E-state index is -3.47. The first-order valence-corrected chi connectivity index (χ1v) is 13.3. The van der Waals surface area contributed by atoms with Crippen LogP contribution in [0, 0.1) is 6.92 Å². The van der Waals surface area contributed by atoms with Gasteiger partial charge < -0.3 is 9.63 Å². The van der Waals surface area contributed by atoms with Gasteiger partial charge in [-0.05, 0) is 48.1 Å². The van der Waals surface area contributed by atoms with Crippen LogP contribution in [0.15, 0.2) is 88.8 Å². The summed E-state index contributed by atoms with van der Waals surface area (Å²) in [6.07, 6.45) is 2.90. The van der Waals surface area contributed by atoms with Crippen LogP contribution in [0.5, 0.6) is 0 Å². The van der Waals surface area contributed by atoms with Gasteiger partial charge >= 0.3 is 5.97 Å². The number of aliphatic carboxylic acids is 1. The molecule has 0 spiro atoms. The maximum absolute atomic E-state index is 12.6. The molecule has 1 fully saturated rings. The molecule has 6 nitrogen and oxygen atoms in total. The molecule has 0 radical (unpaired) electrons. The van der Waals surface area contributed by atoms with Crippen LogP contribution in [-0.4, -0.2) is 24.7 Å². The van der Waals surface area contributed by atoms with Crippen LogP contribution in [-0.2, 0) is 25.8 Å². The molecule has 1 N–H and O–H groups in total. The number of benzene rings is 3. The minimum Gasteiger partial charge on any atom is -0.481 e. The van der Waals surface area contributed by atoms with Crippen molar-refractivity contribution in [1.82, 2.24) is 5.16 Å². The zero-order valence-corrected chi connectivity index (χ0v) is 20.5. The first-order chi connectivity index (χ1) is 17.3. The summed E-state index contributed by atoms with van der Waals surface area (Å²) in [5.74, 6) is -0.345. The Morgan fingerprint density at radius 2 is 1.53 bits per heavy atom. The Kier molecular flexibility index (Phi) is 6.10. The lowest BCUT2D eigenvalue weighted by atomic mass is 9.93. The van der Waals surface area contributed by atoms with Crippen molar-refractivity contribution in [2.24, 2.45) is 0 Å². The van der Waals surface area contributed by atoms with E-state index in [0.717, 1.165) is 27.8 Å². The van der Waals surface area contributed by atoms with Gasteiger partial charge in [0.2, 0.25) is 0 Å². The number of aromatic nitrogens is 1. The van der Waals surface area contributed by atoms with Crippen LogP contribution in [0.4, 0.5) is 0 Å². The van der Waals surface area contributed by atoms with Gasteiger partial charge in [-0.2, -0.15) is 0 Å². The molecule has 0 amide bonds. The van der Waals surface area contributed by atoms with Crippen LogP contribution in [0.1, 0.15) is 35.2 Å². The quantitative estimate of drug-likeness (QED) is 0.318. The highest BCUT2D eigenvalue weighted by molar-refractivity contribution is 7.93. The molecule has 4 aromatic rings. The molecular formula is C29H25NO5S. The summed E-state index contributed by atoms with van der Waals surface area (Å²) in [5, 5.41) is 14.8. The van der Waals surface area contributed by atoms with Crippen molar-refractivity contribution in [1.29, 1.82) is 0 Å². The largest absolute Gasteiger partial charge is 0.481 e. The number of hydrogen-bond acceptors (Lipinski definition) is 5. The number of hydrogen-bond donors (Lipinski definition) is 1. The number of rotatable bonds is 8. The third-order valence-corrected chi connectivity index (χ3v) is 7.92. The van der Waals surface area contributed by atoms with Gasteiger partial charge in [0.15, 0.2) is 15.6 Å². The van der Waals surface area contributed by atoms with Gasteiger partial charge in [0.25, 0.3) is 0 Å². The molecular weight excluding hydrogens is 474 g/mol. The molecule has 1 saturated carbocycles.